The molecule has 0 aliphatic heterocycles. The molecule has 0 fully saturated rings. The third kappa shape index (κ3) is 21.8. The number of rotatable bonds is 19. The lowest BCUT2D eigenvalue weighted by atomic mass is 10.0. The standard InChI is InChI=1S/C18H44N6/c19-17(20)23-15-13-11-9-7-5-3-1-2-4-6-8-10-12-14-16-24-18(21)22/h17-18,23-24H,1-16,19-22H2. The van der Waals surface area contributed by atoms with Crippen LogP contribution in [0.4, 0.5) is 0 Å². The molecule has 0 saturated heterocycles. The fraction of sp³-hybridized carbons (Fsp3) is 1.00. The first-order chi connectivity index (χ1) is 11.6. The zero-order valence-electron chi connectivity index (χ0n) is 15.8. The van der Waals surface area contributed by atoms with E-state index >= 15 is 0 Å². The van der Waals surface area contributed by atoms with Gasteiger partial charge >= 0.3 is 0 Å². The van der Waals surface area contributed by atoms with Gasteiger partial charge in [0.15, 0.2) is 0 Å². The molecule has 0 aliphatic rings. The van der Waals surface area contributed by atoms with Gasteiger partial charge < -0.3 is 22.9 Å². The summed E-state index contributed by atoms with van der Waals surface area (Å²) in [6, 6.07) is 0. The maximum atomic E-state index is 5.42. The third-order valence-electron chi connectivity index (χ3n) is 4.36. The van der Waals surface area contributed by atoms with E-state index in [1.807, 2.05) is 0 Å². The zero-order valence-corrected chi connectivity index (χ0v) is 15.8. The fourth-order valence-electron chi connectivity index (χ4n) is 2.91. The molecule has 0 spiro atoms. The van der Waals surface area contributed by atoms with Crippen molar-refractivity contribution in [3.05, 3.63) is 0 Å². The molecule has 0 amide bonds. The van der Waals surface area contributed by atoms with Crippen LogP contribution in [-0.2, 0) is 0 Å². The van der Waals surface area contributed by atoms with Crippen LogP contribution >= 0.6 is 0 Å². The second-order valence-corrected chi connectivity index (χ2v) is 6.91. The summed E-state index contributed by atoms with van der Waals surface area (Å²) < 4.78 is 0. The van der Waals surface area contributed by atoms with Gasteiger partial charge in [0, 0.05) is 0 Å². The number of hydrogen-bond acceptors (Lipinski definition) is 6. The predicted molar refractivity (Wildman–Crippen MR) is 105 cm³/mol. The first-order valence-electron chi connectivity index (χ1n) is 10.1. The minimum absolute atomic E-state index is 0.364. The van der Waals surface area contributed by atoms with Crippen molar-refractivity contribution < 1.29 is 0 Å². The maximum Gasteiger partial charge on any atom is 0.106 e. The second-order valence-electron chi connectivity index (χ2n) is 6.91. The molecule has 10 N–H and O–H groups in total. The van der Waals surface area contributed by atoms with Crippen LogP contribution in [0.2, 0.25) is 0 Å². The third-order valence-corrected chi connectivity index (χ3v) is 4.36. The van der Waals surface area contributed by atoms with Gasteiger partial charge in [0.1, 0.15) is 12.6 Å². The van der Waals surface area contributed by atoms with Crippen molar-refractivity contribution >= 4 is 0 Å². The number of unbranched alkanes of at least 4 members (excludes halogenated alkanes) is 13. The van der Waals surface area contributed by atoms with Gasteiger partial charge in [0.05, 0.1) is 0 Å². The molecule has 0 aromatic rings. The van der Waals surface area contributed by atoms with Crippen LogP contribution < -0.4 is 33.6 Å². The van der Waals surface area contributed by atoms with Gasteiger partial charge in [0.2, 0.25) is 0 Å². The van der Waals surface area contributed by atoms with Crippen molar-refractivity contribution in [2.75, 3.05) is 13.1 Å². The molecular formula is C18H44N6. The molecule has 0 atom stereocenters. The van der Waals surface area contributed by atoms with Crippen molar-refractivity contribution in [3.63, 3.8) is 0 Å². The van der Waals surface area contributed by atoms with Gasteiger partial charge in [-0.2, -0.15) is 0 Å². The summed E-state index contributed by atoms with van der Waals surface area (Å²) in [5.74, 6) is 0. The fourth-order valence-corrected chi connectivity index (χ4v) is 2.91. The van der Waals surface area contributed by atoms with E-state index in [9.17, 15) is 0 Å². The quantitative estimate of drug-likeness (QED) is 0.157. The summed E-state index contributed by atoms with van der Waals surface area (Å²) in [5.41, 5.74) is 21.7. The highest BCUT2D eigenvalue weighted by atomic mass is 15.1. The lowest BCUT2D eigenvalue weighted by Gasteiger charge is -2.07. The Morgan fingerprint density at radius 3 is 0.792 bits per heavy atom. The topological polar surface area (TPSA) is 128 Å². The monoisotopic (exact) mass is 344 g/mol. The molecule has 24 heavy (non-hydrogen) atoms. The van der Waals surface area contributed by atoms with Crippen LogP contribution in [-0.4, -0.2) is 25.7 Å². The molecular weight excluding hydrogens is 300 g/mol. The Morgan fingerprint density at radius 1 is 0.375 bits per heavy atom. The average molecular weight is 345 g/mol. The molecule has 0 unspecified atom stereocenters. The minimum Gasteiger partial charge on any atom is -0.304 e. The number of nitrogens with one attached hydrogen (secondary N) is 2. The van der Waals surface area contributed by atoms with E-state index in [0.29, 0.717) is 0 Å². The van der Waals surface area contributed by atoms with Crippen molar-refractivity contribution in [3.8, 4) is 0 Å². The van der Waals surface area contributed by atoms with E-state index in [4.69, 9.17) is 22.9 Å². The van der Waals surface area contributed by atoms with Gasteiger partial charge in [-0.05, 0) is 25.9 Å². The highest BCUT2D eigenvalue weighted by Crippen LogP contribution is 2.12. The van der Waals surface area contributed by atoms with Crippen LogP contribution in [0.1, 0.15) is 89.9 Å². The Morgan fingerprint density at radius 2 is 0.583 bits per heavy atom. The van der Waals surface area contributed by atoms with E-state index in [1.165, 1.54) is 89.9 Å². The van der Waals surface area contributed by atoms with E-state index in [2.05, 4.69) is 10.6 Å². The Bertz CT molecular complexity index is 212. The highest BCUT2D eigenvalue weighted by Gasteiger charge is 1.96. The van der Waals surface area contributed by atoms with Gasteiger partial charge in [0.25, 0.3) is 0 Å². The van der Waals surface area contributed by atoms with Crippen molar-refractivity contribution in [1.29, 1.82) is 0 Å². The van der Waals surface area contributed by atoms with E-state index in [1.54, 1.807) is 0 Å². The first kappa shape index (κ1) is 23.8. The van der Waals surface area contributed by atoms with E-state index in [0.717, 1.165) is 13.1 Å². The number of hydrogen-bond donors (Lipinski definition) is 6. The Hall–Kier alpha value is -0.240. The Kier molecular flexibility index (Phi) is 18.9. The predicted octanol–water partition coefficient (Wildman–Crippen LogP) is 2.03. The second kappa shape index (κ2) is 19.1. The minimum atomic E-state index is -0.364. The molecule has 6 heteroatoms. The van der Waals surface area contributed by atoms with Gasteiger partial charge in [-0.25, -0.2) is 0 Å². The lowest BCUT2D eigenvalue weighted by Crippen LogP contribution is -2.45. The van der Waals surface area contributed by atoms with E-state index in [-0.39, 0.29) is 12.6 Å². The first-order valence-corrected chi connectivity index (χ1v) is 10.1. The van der Waals surface area contributed by atoms with Crippen molar-refractivity contribution in [1.82, 2.24) is 10.6 Å². The van der Waals surface area contributed by atoms with Crippen LogP contribution in [0, 0.1) is 0 Å². The largest absolute Gasteiger partial charge is 0.304 e. The normalized spacial score (nSPS) is 11.8. The Labute approximate surface area is 149 Å². The van der Waals surface area contributed by atoms with Gasteiger partial charge in [-0.15, -0.1) is 0 Å². The summed E-state index contributed by atoms with van der Waals surface area (Å²) >= 11 is 0. The maximum absolute atomic E-state index is 5.42. The SMILES string of the molecule is NC(N)NCCCCCCCCCCCCCCCCNC(N)N. The molecule has 0 radical (unpaired) electrons. The summed E-state index contributed by atoms with van der Waals surface area (Å²) in [4.78, 5) is 0. The van der Waals surface area contributed by atoms with Gasteiger partial charge in [-0.3, -0.25) is 10.6 Å². The van der Waals surface area contributed by atoms with Crippen LogP contribution in [0.3, 0.4) is 0 Å². The summed E-state index contributed by atoms with van der Waals surface area (Å²) in [6.45, 7) is 1.88. The average Bonchev–Trinajstić information content (AvgIpc) is 2.53. The Balaban J connectivity index is 2.98. The van der Waals surface area contributed by atoms with Crippen LogP contribution in [0.25, 0.3) is 0 Å². The summed E-state index contributed by atoms with van der Waals surface area (Å²) in [6.07, 6.45) is 18.0. The smallest absolute Gasteiger partial charge is 0.106 e. The summed E-state index contributed by atoms with van der Waals surface area (Å²) in [5, 5.41) is 6.08. The molecule has 0 bridgehead atoms. The zero-order chi connectivity index (χ0) is 17.9. The highest BCUT2D eigenvalue weighted by molar-refractivity contribution is 4.53. The molecule has 0 aromatic heterocycles. The molecule has 0 aliphatic carbocycles. The number of nitrogens with two attached hydrogens (primary N) is 4. The molecule has 6 nitrogen and oxygen atoms in total. The van der Waals surface area contributed by atoms with Crippen molar-refractivity contribution in [2.45, 2.75) is 102 Å². The summed E-state index contributed by atoms with van der Waals surface area (Å²) in [7, 11) is 0. The molecule has 0 saturated carbocycles. The van der Waals surface area contributed by atoms with E-state index < -0.39 is 0 Å². The lowest BCUT2D eigenvalue weighted by molar-refractivity contribution is 0.497. The molecule has 0 aromatic carbocycles. The van der Waals surface area contributed by atoms with Gasteiger partial charge in [-0.1, -0.05) is 77.0 Å². The molecule has 0 rings (SSSR count). The van der Waals surface area contributed by atoms with Crippen LogP contribution in [0.15, 0.2) is 0 Å². The van der Waals surface area contributed by atoms with Crippen LogP contribution in [0.5, 0.6) is 0 Å². The molecule has 146 valence electrons. The van der Waals surface area contributed by atoms with Crippen molar-refractivity contribution in [2.24, 2.45) is 22.9 Å². The molecule has 0 heterocycles.